The van der Waals surface area contributed by atoms with Gasteiger partial charge in [0.1, 0.15) is 17.2 Å². The number of carboxylic acids is 1. The summed E-state index contributed by atoms with van der Waals surface area (Å²) in [7, 11) is 0. The third kappa shape index (κ3) is 3.11. The van der Waals surface area contributed by atoms with Gasteiger partial charge in [-0.05, 0) is 30.3 Å². The van der Waals surface area contributed by atoms with Crippen LogP contribution >= 0.6 is 0 Å². The number of hydrogen-bond donors (Lipinski definition) is 1. The number of nitrogens with zero attached hydrogens (tertiary/aromatic N) is 1. The first kappa shape index (κ1) is 14.9. The van der Waals surface area contributed by atoms with Gasteiger partial charge in [0.15, 0.2) is 5.58 Å². The fraction of sp³-hybridized carbons (Fsp3) is 0.0588. The van der Waals surface area contributed by atoms with Gasteiger partial charge in [-0.3, -0.25) is 4.79 Å². The molecule has 0 spiro atoms. The molecule has 4 nitrogen and oxygen atoms in total. The van der Waals surface area contributed by atoms with Gasteiger partial charge in [0.2, 0.25) is 5.89 Å². The van der Waals surface area contributed by atoms with E-state index in [0.29, 0.717) is 11.1 Å². The van der Waals surface area contributed by atoms with Crippen LogP contribution in [-0.4, -0.2) is 16.1 Å². The molecule has 2 aromatic carbocycles. The van der Waals surface area contributed by atoms with Gasteiger partial charge < -0.3 is 9.52 Å². The monoisotopic (exact) mass is 315 g/mol. The molecule has 0 unspecified atom stereocenters. The number of aliphatic carboxylic acids is 1. The van der Waals surface area contributed by atoms with Crippen LogP contribution in [0.5, 0.6) is 0 Å². The average Bonchev–Trinajstić information content (AvgIpc) is 2.93. The molecule has 0 atom stereocenters. The Bertz CT molecular complexity index is 862. The molecule has 0 aliphatic rings. The maximum absolute atomic E-state index is 13.8. The van der Waals surface area contributed by atoms with Crippen molar-refractivity contribution < 1.29 is 23.1 Å². The Morgan fingerprint density at radius 1 is 1.13 bits per heavy atom. The Morgan fingerprint density at radius 2 is 1.83 bits per heavy atom. The molecule has 23 heavy (non-hydrogen) atoms. The van der Waals surface area contributed by atoms with Gasteiger partial charge >= 0.3 is 5.97 Å². The highest BCUT2D eigenvalue weighted by atomic mass is 19.1. The van der Waals surface area contributed by atoms with E-state index in [4.69, 9.17) is 9.52 Å². The highest BCUT2D eigenvalue weighted by Crippen LogP contribution is 2.27. The number of carboxylic acid groups (broad SMARTS) is 1. The first-order valence-electron chi connectivity index (χ1n) is 6.77. The number of rotatable bonds is 4. The number of para-hydroxylation sites is 2. The lowest BCUT2D eigenvalue weighted by atomic mass is 10.1. The summed E-state index contributed by atoms with van der Waals surface area (Å²) < 4.78 is 33.1. The molecular weight excluding hydrogens is 304 g/mol. The predicted molar refractivity (Wildman–Crippen MR) is 80.5 cm³/mol. The van der Waals surface area contributed by atoms with Gasteiger partial charge in [0, 0.05) is 11.1 Å². The molecule has 1 aromatic heterocycles. The van der Waals surface area contributed by atoms with Crippen molar-refractivity contribution in [3.8, 4) is 0 Å². The van der Waals surface area contributed by atoms with Gasteiger partial charge in [0.05, 0.1) is 6.42 Å². The molecule has 0 fully saturated rings. The van der Waals surface area contributed by atoms with Crippen LogP contribution in [0.1, 0.15) is 17.9 Å². The minimum absolute atomic E-state index is 0.0243. The first-order valence-corrected chi connectivity index (χ1v) is 6.77. The fourth-order valence-electron chi connectivity index (χ4n) is 2.18. The molecule has 1 heterocycles. The van der Waals surface area contributed by atoms with Gasteiger partial charge in [-0.2, -0.15) is 0 Å². The zero-order valence-electron chi connectivity index (χ0n) is 11.8. The molecule has 0 saturated heterocycles. The molecule has 0 radical (unpaired) electrons. The van der Waals surface area contributed by atoms with E-state index in [2.05, 4.69) is 4.98 Å². The largest absolute Gasteiger partial charge is 0.481 e. The number of fused-ring (bicyclic) bond motifs is 1. The molecule has 0 amide bonds. The lowest BCUT2D eigenvalue weighted by Crippen LogP contribution is -1.98. The van der Waals surface area contributed by atoms with Crippen LogP contribution in [0.4, 0.5) is 8.78 Å². The minimum atomic E-state index is -1.16. The van der Waals surface area contributed by atoms with E-state index in [9.17, 15) is 13.6 Å². The minimum Gasteiger partial charge on any atom is -0.481 e. The van der Waals surface area contributed by atoms with Crippen molar-refractivity contribution in [2.45, 2.75) is 6.42 Å². The fourth-order valence-corrected chi connectivity index (χ4v) is 2.18. The molecule has 0 saturated carbocycles. The van der Waals surface area contributed by atoms with Crippen LogP contribution in [0, 0.1) is 11.6 Å². The van der Waals surface area contributed by atoms with E-state index in [1.807, 2.05) is 0 Å². The molecule has 116 valence electrons. The Labute approximate surface area is 129 Å². The number of oxazole rings is 1. The quantitative estimate of drug-likeness (QED) is 0.786. The van der Waals surface area contributed by atoms with E-state index in [0.717, 1.165) is 18.2 Å². The summed E-state index contributed by atoms with van der Waals surface area (Å²) in [4.78, 5) is 15.2. The van der Waals surface area contributed by atoms with Crippen molar-refractivity contribution in [1.29, 1.82) is 0 Å². The molecule has 0 aliphatic carbocycles. The zero-order valence-corrected chi connectivity index (χ0v) is 11.8. The van der Waals surface area contributed by atoms with Crippen molar-refractivity contribution in [2.24, 2.45) is 0 Å². The molecule has 3 aromatic rings. The summed E-state index contributed by atoms with van der Waals surface area (Å²) in [5.41, 5.74) is 0.754. The Hall–Kier alpha value is -3.02. The van der Waals surface area contributed by atoms with Crippen LogP contribution in [0.15, 0.2) is 46.9 Å². The number of halogens is 2. The van der Waals surface area contributed by atoms with Crippen LogP contribution in [-0.2, 0) is 4.79 Å². The lowest BCUT2D eigenvalue weighted by molar-refractivity contribution is -0.135. The van der Waals surface area contributed by atoms with Gasteiger partial charge in [0.25, 0.3) is 0 Å². The SMILES string of the molecule is O=C(O)CC(=Cc1c(F)cccc1F)c1nc2ccccc2o1. The smallest absolute Gasteiger partial charge is 0.308 e. The van der Waals surface area contributed by atoms with Gasteiger partial charge in [-0.1, -0.05) is 18.2 Å². The Morgan fingerprint density at radius 3 is 2.48 bits per heavy atom. The Kier molecular flexibility index (Phi) is 3.89. The van der Waals surface area contributed by atoms with Crippen molar-refractivity contribution in [2.75, 3.05) is 0 Å². The molecule has 3 rings (SSSR count). The molecular formula is C17H11F2NO3. The third-order valence-corrected chi connectivity index (χ3v) is 3.23. The summed E-state index contributed by atoms with van der Waals surface area (Å²) in [5.74, 6) is -2.71. The molecule has 0 aliphatic heterocycles. The van der Waals surface area contributed by atoms with Crippen LogP contribution < -0.4 is 0 Å². The van der Waals surface area contributed by atoms with Gasteiger partial charge in [-0.15, -0.1) is 0 Å². The maximum atomic E-state index is 13.8. The van der Waals surface area contributed by atoms with Crippen molar-refractivity contribution >= 4 is 28.7 Å². The second kappa shape index (κ2) is 6.00. The summed E-state index contributed by atoms with van der Waals surface area (Å²) in [6.07, 6.45) is 0.643. The summed E-state index contributed by atoms with van der Waals surface area (Å²) in [6.45, 7) is 0. The standard InChI is InChI=1S/C17H11F2NO3/c18-12-4-3-5-13(19)11(12)8-10(9-16(21)22)17-20-14-6-1-2-7-15(14)23-17/h1-8H,9H2,(H,21,22). The van der Waals surface area contributed by atoms with Crippen molar-refractivity contribution in [1.82, 2.24) is 4.98 Å². The second-order valence-electron chi connectivity index (χ2n) is 4.86. The zero-order chi connectivity index (χ0) is 16.4. The summed E-state index contributed by atoms with van der Waals surface area (Å²) in [6, 6.07) is 10.3. The average molecular weight is 315 g/mol. The number of hydrogen-bond acceptors (Lipinski definition) is 3. The van der Waals surface area contributed by atoms with E-state index in [1.54, 1.807) is 24.3 Å². The van der Waals surface area contributed by atoms with E-state index < -0.39 is 24.0 Å². The first-order chi connectivity index (χ1) is 11.0. The van der Waals surface area contributed by atoms with Crippen LogP contribution in [0.2, 0.25) is 0 Å². The Balaban J connectivity index is 2.14. The number of carbonyl (C=O) groups is 1. The molecule has 0 bridgehead atoms. The van der Waals surface area contributed by atoms with Crippen LogP contribution in [0.3, 0.4) is 0 Å². The number of benzene rings is 2. The molecule has 6 heteroatoms. The third-order valence-electron chi connectivity index (χ3n) is 3.23. The normalized spacial score (nSPS) is 11.8. The topological polar surface area (TPSA) is 63.3 Å². The highest BCUT2D eigenvalue weighted by molar-refractivity contribution is 5.91. The lowest BCUT2D eigenvalue weighted by Gasteiger charge is -2.03. The van der Waals surface area contributed by atoms with Gasteiger partial charge in [-0.25, -0.2) is 13.8 Å². The van der Waals surface area contributed by atoms with Crippen molar-refractivity contribution in [3.05, 3.63) is 65.6 Å². The number of aromatic nitrogens is 1. The van der Waals surface area contributed by atoms with E-state index in [-0.39, 0.29) is 17.0 Å². The second-order valence-corrected chi connectivity index (χ2v) is 4.86. The summed E-state index contributed by atoms with van der Waals surface area (Å²) in [5, 5.41) is 9.04. The van der Waals surface area contributed by atoms with E-state index in [1.165, 1.54) is 6.07 Å². The molecule has 1 N–H and O–H groups in total. The van der Waals surface area contributed by atoms with Crippen molar-refractivity contribution in [3.63, 3.8) is 0 Å². The predicted octanol–water partition coefficient (Wildman–Crippen LogP) is 4.12. The summed E-state index contributed by atoms with van der Waals surface area (Å²) >= 11 is 0. The van der Waals surface area contributed by atoms with E-state index >= 15 is 0 Å². The van der Waals surface area contributed by atoms with Crippen LogP contribution in [0.25, 0.3) is 22.7 Å². The highest BCUT2D eigenvalue weighted by Gasteiger charge is 2.16. The maximum Gasteiger partial charge on any atom is 0.308 e.